The molecule has 1 aromatic rings. The SMILES string of the molecule is CCC(N)C(c1ccsc1)N1CCCOC(C)C1. The average Bonchev–Trinajstić information content (AvgIpc) is 2.79. The summed E-state index contributed by atoms with van der Waals surface area (Å²) in [4.78, 5) is 2.51. The van der Waals surface area contributed by atoms with Crippen LogP contribution in [0.4, 0.5) is 0 Å². The minimum Gasteiger partial charge on any atom is -0.377 e. The molecule has 0 saturated carbocycles. The van der Waals surface area contributed by atoms with Crippen LogP contribution in [0.3, 0.4) is 0 Å². The van der Waals surface area contributed by atoms with Gasteiger partial charge in [0, 0.05) is 25.7 Å². The largest absolute Gasteiger partial charge is 0.377 e. The van der Waals surface area contributed by atoms with Crippen molar-refractivity contribution in [3.05, 3.63) is 22.4 Å². The van der Waals surface area contributed by atoms with Crippen molar-refractivity contribution in [2.75, 3.05) is 19.7 Å². The summed E-state index contributed by atoms with van der Waals surface area (Å²) in [6, 6.07) is 2.75. The van der Waals surface area contributed by atoms with Crippen LogP contribution >= 0.6 is 11.3 Å². The standard InChI is InChI=1S/C14H24N2OS/c1-3-13(15)14(12-5-8-18-10-12)16-6-4-7-17-11(2)9-16/h5,8,10-11,13-14H,3-4,6-7,9,15H2,1-2H3. The average molecular weight is 268 g/mol. The van der Waals surface area contributed by atoms with Gasteiger partial charge in [-0.25, -0.2) is 0 Å². The Morgan fingerprint density at radius 2 is 2.44 bits per heavy atom. The predicted molar refractivity (Wildman–Crippen MR) is 76.9 cm³/mol. The van der Waals surface area contributed by atoms with E-state index in [4.69, 9.17) is 10.5 Å². The molecule has 3 nitrogen and oxygen atoms in total. The molecule has 1 aromatic heterocycles. The Morgan fingerprint density at radius 3 is 3.11 bits per heavy atom. The quantitative estimate of drug-likeness (QED) is 0.912. The number of ether oxygens (including phenoxy) is 1. The Morgan fingerprint density at radius 1 is 1.61 bits per heavy atom. The Labute approximate surface area is 114 Å². The highest BCUT2D eigenvalue weighted by Gasteiger charge is 2.28. The second-order valence-corrected chi connectivity index (χ2v) is 5.88. The van der Waals surface area contributed by atoms with Crippen molar-refractivity contribution < 1.29 is 4.74 Å². The van der Waals surface area contributed by atoms with Gasteiger partial charge in [-0.3, -0.25) is 4.90 Å². The van der Waals surface area contributed by atoms with Crippen LogP contribution in [-0.2, 0) is 4.74 Å². The van der Waals surface area contributed by atoms with Crippen molar-refractivity contribution in [3.63, 3.8) is 0 Å². The first kappa shape index (κ1) is 14.0. The molecular formula is C14H24N2OS. The highest BCUT2D eigenvalue weighted by molar-refractivity contribution is 7.07. The highest BCUT2D eigenvalue weighted by Crippen LogP contribution is 2.28. The lowest BCUT2D eigenvalue weighted by atomic mass is 9.98. The van der Waals surface area contributed by atoms with E-state index in [1.807, 2.05) is 0 Å². The van der Waals surface area contributed by atoms with Gasteiger partial charge in [0.05, 0.1) is 12.1 Å². The lowest BCUT2D eigenvalue weighted by molar-refractivity contribution is 0.0575. The van der Waals surface area contributed by atoms with E-state index in [1.54, 1.807) is 11.3 Å². The fraction of sp³-hybridized carbons (Fsp3) is 0.714. The molecule has 0 amide bonds. The molecule has 4 heteroatoms. The number of rotatable bonds is 4. The molecule has 2 N–H and O–H groups in total. The monoisotopic (exact) mass is 268 g/mol. The van der Waals surface area contributed by atoms with Crippen molar-refractivity contribution in [2.45, 2.75) is 44.9 Å². The lowest BCUT2D eigenvalue weighted by Gasteiger charge is -2.35. The van der Waals surface area contributed by atoms with Crippen LogP contribution in [0.1, 0.15) is 38.3 Å². The van der Waals surface area contributed by atoms with E-state index >= 15 is 0 Å². The Kier molecular flexibility index (Phi) is 5.18. The molecule has 0 spiro atoms. The fourth-order valence-electron chi connectivity index (χ4n) is 2.67. The molecule has 0 radical (unpaired) electrons. The Balaban J connectivity index is 2.17. The first-order valence-corrected chi connectivity index (χ1v) is 7.80. The summed E-state index contributed by atoms with van der Waals surface area (Å²) >= 11 is 1.75. The summed E-state index contributed by atoms with van der Waals surface area (Å²) in [5, 5.41) is 4.37. The molecule has 0 aromatic carbocycles. The highest BCUT2D eigenvalue weighted by atomic mass is 32.1. The van der Waals surface area contributed by atoms with Crippen molar-refractivity contribution in [3.8, 4) is 0 Å². The van der Waals surface area contributed by atoms with Crippen LogP contribution in [0.2, 0.25) is 0 Å². The maximum Gasteiger partial charge on any atom is 0.0674 e. The van der Waals surface area contributed by atoms with Gasteiger partial charge in [0.2, 0.25) is 0 Å². The maximum atomic E-state index is 6.36. The molecule has 102 valence electrons. The van der Waals surface area contributed by atoms with Crippen LogP contribution < -0.4 is 5.73 Å². The van der Waals surface area contributed by atoms with Gasteiger partial charge < -0.3 is 10.5 Å². The van der Waals surface area contributed by atoms with Crippen LogP contribution in [0.25, 0.3) is 0 Å². The summed E-state index contributed by atoms with van der Waals surface area (Å²) < 4.78 is 5.73. The summed E-state index contributed by atoms with van der Waals surface area (Å²) in [5.74, 6) is 0. The van der Waals surface area contributed by atoms with E-state index in [0.29, 0.717) is 12.1 Å². The third kappa shape index (κ3) is 3.32. The predicted octanol–water partition coefficient (Wildman–Crippen LogP) is 2.64. The summed E-state index contributed by atoms with van der Waals surface area (Å²) in [6.07, 6.45) is 2.41. The number of nitrogens with two attached hydrogens (primary N) is 1. The summed E-state index contributed by atoms with van der Waals surface area (Å²) in [7, 11) is 0. The fourth-order valence-corrected chi connectivity index (χ4v) is 3.36. The first-order valence-electron chi connectivity index (χ1n) is 6.85. The number of hydrogen-bond acceptors (Lipinski definition) is 4. The normalized spacial score (nSPS) is 25.6. The van der Waals surface area contributed by atoms with Crippen LogP contribution in [0.5, 0.6) is 0 Å². The smallest absolute Gasteiger partial charge is 0.0674 e. The van der Waals surface area contributed by atoms with E-state index in [-0.39, 0.29) is 6.04 Å². The van der Waals surface area contributed by atoms with E-state index in [1.165, 1.54) is 5.56 Å². The van der Waals surface area contributed by atoms with E-state index < -0.39 is 0 Å². The summed E-state index contributed by atoms with van der Waals surface area (Å²) in [6.45, 7) is 7.25. The second-order valence-electron chi connectivity index (χ2n) is 5.10. The zero-order valence-electron chi connectivity index (χ0n) is 11.3. The summed E-state index contributed by atoms with van der Waals surface area (Å²) in [5.41, 5.74) is 7.72. The van der Waals surface area contributed by atoms with Crippen LogP contribution in [0.15, 0.2) is 16.8 Å². The van der Waals surface area contributed by atoms with Crippen LogP contribution in [-0.4, -0.2) is 36.7 Å². The molecule has 0 aliphatic carbocycles. The number of hydrogen-bond donors (Lipinski definition) is 1. The van der Waals surface area contributed by atoms with Crippen molar-refractivity contribution in [2.24, 2.45) is 5.73 Å². The van der Waals surface area contributed by atoms with Gasteiger partial charge in [-0.15, -0.1) is 0 Å². The van der Waals surface area contributed by atoms with Gasteiger partial charge in [0.15, 0.2) is 0 Å². The molecule has 1 aliphatic heterocycles. The molecule has 2 rings (SSSR count). The second kappa shape index (κ2) is 6.66. The van der Waals surface area contributed by atoms with Crippen molar-refractivity contribution in [1.29, 1.82) is 0 Å². The van der Waals surface area contributed by atoms with E-state index in [2.05, 4.69) is 35.6 Å². The maximum absolute atomic E-state index is 6.36. The zero-order valence-corrected chi connectivity index (χ0v) is 12.2. The lowest BCUT2D eigenvalue weighted by Crippen LogP contribution is -2.43. The van der Waals surface area contributed by atoms with Gasteiger partial charge in [0.25, 0.3) is 0 Å². The third-order valence-electron chi connectivity index (χ3n) is 3.64. The number of thiophene rings is 1. The molecular weight excluding hydrogens is 244 g/mol. The van der Waals surface area contributed by atoms with Crippen molar-refractivity contribution >= 4 is 11.3 Å². The topological polar surface area (TPSA) is 38.5 Å². The minimum atomic E-state index is 0.199. The van der Waals surface area contributed by atoms with E-state index in [0.717, 1.165) is 32.5 Å². The van der Waals surface area contributed by atoms with Gasteiger partial charge >= 0.3 is 0 Å². The van der Waals surface area contributed by atoms with Crippen molar-refractivity contribution in [1.82, 2.24) is 4.90 Å². The van der Waals surface area contributed by atoms with Gasteiger partial charge in [-0.2, -0.15) is 11.3 Å². The van der Waals surface area contributed by atoms with Crippen LogP contribution in [0, 0.1) is 0 Å². The molecule has 1 aliphatic rings. The molecule has 1 saturated heterocycles. The number of nitrogens with zero attached hydrogens (tertiary/aromatic N) is 1. The Bertz CT molecular complexity index is 342. The van der Waals surface area contributed by atoms with E-state index in [9.17, 15) is 0 Å². The van der Waals surface area contributed by atoms with Gasteiger partial charge in [0.1, 0.15) is 0 Å². The molecule has 0 bridgehead atoms. The molecule has 3 atom stereocenters. The molecule has 1 fully saturated rings. The van der Waals surface area contributed by atoms with Gasteiger partial charge in [-0.05, 0) is 42.2 Å². The molecule has 3 unspecified atom stereocenters. The minimum absolute atomic E-state index is 0.199. The third-order valence-corrected chi connectivity index (χ3v) is 4.34. The molecule has 18 heavy (non-hydrogen) atoms. The Hall–Kier alpha value is -0.420. The first-order chi connectivity index (χ1) is 8.72. The zero-order chi connectivity index (χ0) is 13.0. The molecule has 2 heterocycles. The van der Waals surface area contributed by atoms with Gasteiger partial charge in [-0.1, -0.05) is 6.92 Å².